The Hall–Kier alpha value is -0.610. The first kappa shape index (κ1) is 14.5. The topological polar surface area (TPSA) is 55.6 Å². The van der Waals surface area contributed by atoms with E-state index in [-0.39, 0.29) is 5.97 Å². The standard InChI is InChI=1S/C13H26N2O2/c1-10(2)8-15(11-6-4-5-7-11)9-12(14)13(16)17-3/h10-12H,4-9,14H2,1-3H3. The molecule has 0 radical (unpaired) electrons. The molecule has 2 N–H and O–H groups in total. The van der Waals surface area contributed by atoms with Crippen molar-refractivity contribution in [2.75, 3.05) is 20.2 Å². The molecule has 17 heavy (non-hydrogen) atoms. The summed E-state index contributed by atoms with van der Waals surface area (Å²) in [7, 11) is 1.39. The van der Waals surface area contributed by atoms with Crippen molar-refractivity contribution in [3.05, 3.63) is 0 Å². The summed E-state index contributed by atoms with van der Waals surface area (Å²) in [5, 5.41) is 0. The Labute approximate surface area is 104 Å². The monoisotopic (exact) mass is 242 g/mol. The summed E-state index contributed by atoms with van der Waals surface area (Å²) in [6, 6.07) is 0.0902. The molecule has 0 aromatic rings. The molecule has 0 bridgehead atoms. The molecule has 100 valence electrons. The molecule has 0 heterocycles. The Morgan fingerprint density at radius 1 is 1.35 bits per heavy atom. The minimum Gasteiger partial charge on any atom is -0.468 e. The third-order valence-electron chi connectivity index (χ3n) is 3.38. The summed E-state index contributed by atoms with van der Waals surface area (Å²) in [6.07, 6.45) is 5.07. The van der Waals surface area contributed by atoms with Crippen LogP contribution in [-0.4, -0.2) is 43.2 Å². The number of esters is 1. The number of ether oxygens (including phenoxy) is 1. The van der Waals surface area contributed by atoms with E-state index >= 15 is 0 Å². The van der Waals surface area contributed by atoms with Gasteiger partial charge >= 0.3 is 5.97 Å². The third kappa shape index (κ3) is 4.64. The Bertz CT molecular complexity index is 238. The predicted octanol–water partition coefficient (Wildman–Crippen LogP) is 1.39. The molecule has 1 rings (SSSR count). The molecule has 1 unspecified atom stereocenters. The van der Waals surface area contributed by atoms with Crippen molar-refractivity contribution >= 4 is 5.97 Å². The zero-order valence-electron chi connectivity index (χ0n) is 11.3. The van der Waals surface area contributed by atoms with Crippen molar-refractivity contribution < 1.29 is 9.53 Å². The van der Waals surface area contributed by atoms with Crippen LogP contribution in [0.15, 0.2) is 0 Å². The predicted molar refractivity (Wildman–Crippen MR) is 68.7 cm³/mol. The molecule has 0 spiro atoms. The van der Waals surface area contributed by atoms with Gasteiger partial charge in [-0.2, -0.15) is 0 Å². The van der Waals surface area contributed by atoms with Crippen LogP contribution in [0.1, 0.15) is 39.5 Å². The number of hydrogen-bond donors (Lipinski definition) is 1. The zero-order valence-corrected chi connectivity index (χ0v) is 11.3. The number of nitrogens with two attached hydrogens (primary N) is 1. The van der Waals surface area contributed by atoms with Gasteiger partial charge in [0.15, 0.2) is 0 Å². The summed E-state index contributed by atoms with van der Waals surface area (Å²) in [4.78, 5) is 13.7. The molecule has 0 aliphatic heterocycles. The van der Waals surface area contributed by atoms with Crippen LogP contribution in [0, 0.1) is 5.92 Å². The maximum absolute atomic E-state index is 11.4. The van der Waals surface area contributed by atoms with E-state index in [2.05, 4.69) is 23.5 Å². The Balaban J connectivity index is 2.53. The van der Waals surface area contributed by atoms with Crippen LogP contribution in [0.3, 0.4) is 0 Å². The van der Waals surface area contributed by atoms with Gasteiger partial charge in [-0.05, 0) is 18.8 Å². The Morgan fingerprint density at radius 3 is 2.41 bits per heavy atom. The third-order valence-corrected chi connectivity index (χ3v) is 3.38. The fraction of sp³-hybridized carbons (Fsp3) is 0.923. The van der Waals surface area contributed by atoms with Gasteiger partial charge < -0.3 is 10.5 Å². The molecule has 4 heteroatoms. The molecule has 0 amide bonds. The summed E-state index contributed by atoms with van der Waals surface area (Å²) in [6.45, 7) is 6.03. The van der Waals surface area contributed by atoms with Gasteiger partial charge in [0.05, 0.1) is 7.11 Å². The normalized spacial score (nSPS) is 18.9. The van der Waals surface area contributed by atoms with E-state index in [1.807, 2.05) is 0 Å². The molecule has 0 aromatic heterocycles. The smallest absolute Gasteiger partial charge is 0.323 e. The molecule has 1 atom stereocenters. The number of carbonyl (C=O) groups is 1. The second-order valence-corrected chi connectivity index (χ2v) is 5.42. The summed E-state index contributed by atoms with van der Waals surface area (Å²) in [5.74, 6) is 0.289. The van der Waals surface area contributed by atoms with Gasteiger partial charge in [-0.3, -0.25) is 9.69 Å². The minimum atomic E-state index is -0.514. The lowest BCUT2D eigenvalue weighted by molar-refractivity contribution is -0.142. The van der Waals surface area contributed by atoms with E-state index in [1.165, 1.54) is 32.8 Å². The van der Waals surface area contributed by atoms with Crippen molar-refractivity contribution in [1.29, 1.82) is 0 Å². The molecule has 4 nitrogen and oxygen atoms in total. The number of hydrogen-bond acceptors (Lipinski definition) is 4. The minimum absolute atomic E-state index is 0.309. The number of methoxy groups -OCH3 is 1. The van der Waals surface area contributed by atoms with Crippen molar-refractivity contribution in [3.63, 3.8) is 0 Å². The highest BCUT2D eigenvalue weighted by Crippen LogP contribution is 2.24. The average Bonchev–Trinajstić information content (AvgIpc) is 2.79. The van der Waals surface area contributed by atoms with E-state index in [0.717, 1.165) is 6.54 Å². The Morgan fingerprint density at radius 2 is 1.94 bits per heavy atom. The van der Waals surface area contributed by atoms with Gasteiger partial charge in [0.1, 0.15) is 6.04 Å². The molecular weight excluding hydrogens is 216 g/mol. The van der Waals surface area contributed by atoms with Crippen molar-refractivity contribution in [1.82, 2.24) is 4.90 Å². The van der Waals surface area contributed by atoms with E-state index in [0.29, 0.717) is 18.5 Å². The molecule has 1 fully saturated rings. The lowest BCUT2D eigenvalue weighted by atomic mass is 10.1. The SMILES string of the molecule is COC(=O)C(N)CN(CC(C)C)C1CCCC1. The van der Waals surface area contributed by atoms with Crippen LogP contribution in [0.4, 0.5) is 0 Å². The highest BCUT2D eigenvalue weighted by molar-refractivity contribution is 5.75. The first-order valence-corrected chi connectivity index (χ1v) is 6.62. The number of rotatable bonds is 6. The molecule has 1 saturated carbocycles. The zero-order chi connectivity index (χ0) is 12.8. The quantitative estimate of drug-likeness (QED) is 0.715. The second kappa shape index (κ2) is 6.97. The number of nitrogens with zero attached hydrogens (tertiary/aromatic N) is 1. The van der Waals surface area contributed by atoms with Gasteiger partial charge in [0.2, 0.25) is 0 Å². The van der Waals surface area contributed by atoms with E-state index < -0.39 is 6.04 Å². The van der Waals surface area contributed by atoms with Crippen LogP contribution in [0.25, 0.3) is 0 Å². The van der Waals surface area contributed by atoms with E-state index in [1.54, 1.807) is 0 Å². The van der Waals surface area contributed by atoms with E-state index in [4.69, 9.17) is 5.73 Å². The largest absolute Gasteiger partial charge is 0.468 e. The molecule has 1 aliphatic carbocycles. The lowest BCUT2D eigenvalue weighted by Gasteiger charge is -2.31. The summed E-state index contributed by atoms with van der Waals surface area (Å²) >= 11 is 0. The lowest BCUT2D eigenvalue weighted by Crippen LogP contribution is -2.47. The highest BCUT2D eigenvalue weighted by atomic mass is 16.5. The van der Waals surface area contributed by atoms with Crippen LogP contribution >= 0.6 is 0 Å². The summed E-state index contributed by atoms with van der Waals surface area (Å²) < 4.78 is 4.69. The highest BCUT2D eigenvalue weighted by Gasteiger charge is 2.26. The van der Waals surface area contributed by atoms with E-state index in [9.17, 15) is 4.79 Å². The van der Waals surface area contributed by atoms with Gasteiger partial charge in [-0.25, -0.2) is 0 Å². The van der Waals surface area contributed by atoms with Gasteiger partial charge in [0, 0.05) is 19.1 Å². The molecule has 0 saturated heterocycles. The second-order valence-electron chi connectivity index (χ2n) is 5.42. The van der Waals surface area contributed by atoms with Crippen molar-refractivity contribution in [2.45, 2.75) is 51.6 Å². The van der Waals surface area contributed by atoms with Gasteiger partial charge in [0.25, 0.3) is 0 Å². The Kier molecular flexibility index (Phi) is 5.92. The first-order chi connectivity index (χ1) is 8.04. The molecular formula is C13H26N2O2. The van der Waals surface area contributed by atoms with Crippen molar-refractivity contribution in [3.8, 4) is 0 Å². The van der Waals surface area contributed by atoms with Crippen molar-refractivity contribution in [2.24, 2.45) is 11.7 Å². The average molecular weight is 242 g/mol. The van der Waals surface area contributed by atoms with Crippen LogP contribution < -0.4 is 5.73 Å². The molecule has 0 aromatic carbocycles. The fourth-order valence-corrected chi connectivity index (χ4v) is 2.59. The maximum atomic E-state index is 11.4. The van der Waals surface area contributed by atoms with Crippen LogP contribution in [0.5, 0.6) is 0 Å². The van der Waals surface area contributed by atoms with Crippen LogP contribution in [0.2, 0.25) is 0 Å². The summed E-state index contributed by atoms with van der Waals surface area (Å²) in [5.41, 5.74) is 5.86. The first-order valence-electron chi connectivity index (χ1n) is 6.62. The van der Waals surface area contributed by atoms with Crippen LogP contribution in [-0.2, 0) is 9.53 Å². The van der Waals surface area contributed by atoms with Gasteiger partial charge in [-0.1, -0.05) is 26.7 Å². The molecule has 1 aliphatic rings. The maximum Gasteiger partial charge on any atom is 0.323 e. The fourth-order valence-electron chi connectivity index (χ4n) is 2.59. The number of carbonyl (C=O) groups excluding carboxylic acids is 1. The van der Waals surface area contributed by atoms with Gasteiger partial charge in [-0.15, -0.1) is 0 Å².